The lowest BCUT2D eigenvalue weighted by molar-refractivity contribution is 0.699. The van der Waals surface area contributed by atoms with Crippen molar-refractivity contribution in [3.05, 3.63) is 47.3 Å². The first-order chi connectivity index (χ1) is 6.34. The highest BCUT2D eigenvalue weighted by Crippen LogP contribution is 2.13. The molecule has 0 amide bonds. The molecule has 1 aromatic carbocycles. The Kier molecular flexibility index (Phi) is 4.50. The van der Waals surface area contributed by atoms with Crippen molar-refractivity contribution in [2.75, 3.05) is 6.54 Å². The van der Waals surface area contributed by atoms with Crippen LogP contribution in [0.25, 0.3) is 0 Å². The molecular weight excluding hydrogens is 189 g/mol. The van der Waals surface area contributed by atoms with Crippen LogP contribution in [-0.2, 0) is 6.54 Å². The smallest absolute Gasteiger partial charge is 0.0839 e. The molecule has 0 aromatic heterocycles. The van der Waals surface area contributed by atoms with Crippen LogP contribution < -0.4 is 5.32 Å². The minimum absolute atomic E-state index is 0.516. The monoisotopic (exact) mass is 199 g/mol. The average molecular weight is 200 g/mol. The molecule has 0 aliphatic heterocycles. The zero-order valence-corrected chi connectivity index (χ0v) is 7.89. The van der Waals surface area contributed by atoms with Gasteiger partial charge in [0.15, 0.2) is 0 Å². The lowest BCUT2D eigenvalue weighted by Gasteiger charge is -2.03. The molecule has 0 aliphatic carbocycles. The van der Waals surface area contributed by atoms with E-state index in [1.54, 1.807) is 0 Å². The fourth-order valence-corrected chi connectivity index (χ4v) is 1.18. The minimum Gasteiger partial charge on any atom is -0.309 e. The summed E-state index contributed by atoms with van der Waals surface area (Å²) in [5.74, 6) is 0. The Balaban J connectivity index is 2.41. The molecule has 0 bridgehead atoms. The fourth-order valence-electron chi connectivity index (χ4n) is 0.976. The molecule has 0 unspecified atom stereocenters. The molecule has 1 N–H and O–H groups in total. The van der Waals surface area contributed by atoms with Crippen molar-refractivity contribution in [1.29, 1.82) is 0 Å². The van der Waals surface area contributed by atoms with Crippen LogP contribution >= 0.6 is 11.6 Å². The van der Waals surface area contributed by atoms with Gasteiger partial charge in [0.1, 0.15) is 0 Å². The average Bonchev–Trinajstić information content (AvgIpc) is 2.15. The normalized spacial score (nSPS) is 10.9. The Labute approximate surface area is 82.2 Å². The standard InChI is InChI=1S/C10H11ClFN/c11-10-5-2-1-4-9(10)8-13-7-3-6-12/h1-6,13H,7-8H2/b6-3+. The van der Waals surface area contributed by atoms with Gasteiger partial charge in [0.25, 0.3) is 0 Å². The SMILES string of the molecule is F/C=C/CNCc1ccccc1Cl. The van der Waals surface area contributed by atoms with Gasteiger partial charge in [-0.05, 0) is 17.7 Å². The zero-order valence-electron chi connectivity index (χ0n) is 7.13. The molecule has 0 saturated heterocycles. The lowest BCUT2D eigenvalue weighted by atomic mass is 10.2. The van der Waals surface area contributed by atoms with Crippen LogP contribution in [0.3, 0.4) is 0 Å². The van der Waals surface area contributed by atoms with Crippen LogP contribution in [0.4, 0.5) is 4.39 Å². The van der Waals surface area contributed by atoms with Gasteiger partial charge in [0, 0.05) is 18.1 Å². The van der Waals surface area contributed by atoms with Gasteiger partial charge in [-0.2, -0.15) is 0 Å². The molecular formula is C10H11ClFN. The van der Waals surface area contributed by atoms with E-state index in [0.29, 0.717) is 19.4 Å². The summed E-state index contributed by atoms with van der Waals surface area (Å²) in [6.45, 7) is 1.17. The van der Waals surface area contributed by atoms with Gasteiger partial charge in [0.2, 0.25) is 0 Å². The van der Waals surface area contributed by atoms with E-state index in [1.807, 2.05) is 24.3 Å². The largest absolute Gasteiger partial charge is 0.309 e. The van der Waals surface area contributed by atoms with Crippen LogP contribution in [0.2, 0.25) is 5.02 Å². The summed E-state index contributed by atoms with van der Waals surface area (Å²) in [5.41, 5.74) is 1.02. The van der Waals surface area contributed by atoms with Crippen LogP contribution in [0.5, 0.6) is 0 Å². The predicted octanol–water partition coefficient (Wildman–Crippen LogP) is 2.91. The van der Waals surface area contributed by atoms with Gasteiger partial charge in [-0.1, -0.05) is 29.8 Å². The van der Waals surface area contributed by atoms with Crippen molar-refractivity contribution in [3.8, 4) is 0 Å². The molecule has 1 aromatic rings. The number of hydrogen-bond acceptors (Lipinski definition) is 1. The maximum absolute atomic E-state index is 11.6. The van der Waals surface area contributed by atoms with Crippen LogP contribution in [0.15, 0.2) is 36.7 Å². The first-order valence-electron chi connectivity index (χ1n) is 4.04. The Morgan fingerprint density at radius 3 is 2.85 bits per heavy atom. The Morgan fingerprint density at radius 1 is 1.38 bits per heavy atom. The maximum atomic E-state index is 11.6. The van der Waals surface area contributed by atoms with E-state index in [9.17, 15) is 4.39 Å². The summed E-state index contributed by atoms with van der Waals surface area (Å²) in [7, 11) is 0. The molecule has 0 saturated carbocycles. The molecule has 0 spiro atoms. The van der Waals surface area contributed by atoms with E-state index in [0.717, 1.165) is 10.6 Å². The minimum atomic E-state index is 0.516. The highest BCUT2D eigenvalue weighted by Gasteiger charge is 1.95. The summed E-state index contributed by atoms with van der Waals surface area (Å²) >= 11 is 5.90. The van der Waals surface area contributed by atoms with Crippen molar-refractivity contribution in [3.63, 3.8) is 0 Å². The topological polar surface area (TPSA) is 12.0 Å². The summed E-state index contributed by atoms with van der Waals surface area (Å²) in [4.78, 5) is 0. The summed E-state index contributed by atoms with van der Waals surface area (Å²) in [5, 5.41) is 3.77. The summed E-state index contributed by atoms with van der Waals surface area (Å²) in [6.07, 6.45) is 1.94. The number of rotatable bonds is 4. The van der Waals surface area contributed by atoms with Crippen LogP contribution in [0, 0.1) is 0 Å². The molecule has 0 radical (unpaired) electrons. The number of halogens is 2. The van der Waals surface area contributed by atoms with E-state index in [2.05, 4.69) is 5.32 Å². The third-order valence-corrected chi connectivity index (χ3v) is 1.99. The Hall–Kier alpha value is -0.860. The number of nitrogens with one attached hydrogen (secondary N) is 1. The van der Waals surface area contributed by atoms with Crippen molar-refractivity contribution >= 4 is 11.6 Å². The van der Waals surface area contributed by atoms with Gasteiger partial charge in [-0.3, -0.25) is 0 Å². The van der Waals surface area contributed by atoms with Crippen molar-refractivity contribution in [2.45, 2.75) is 6.54 Å². The highest BCUT2D eigenvalue weighted by atomic mass is 35.5. The molecule has 3 heteroatoms. The molecule has 0 heterocycles. The molecule has 0 atom stereocenters. The molecule has 70 valence electrons. The van der Waals surface area contributed by atoms with Crippen molar-refractivity contribution < 1.29 is 4.39 Å². The second kappa shape index (κ2) is 5.73. The second-order valence-electron chi connectivity index (χ2n) is 2.58. The van der Waals surface area contributed by atoms with Gasteiger partial charge in [0.05, 0.1) is 6.33 Å². The summed E-state index contributed by atoms with van der Waals surface area (Å²) in [6, 6.07) is 7.58. The summed E-state index contributed by atoms with van der Waals surface area (Å²) < 4.78 is 11.6. The zero-order chi connectivity index (χ0) is 9.52. The van der Waals surface area contributed by atoms with Gasteiger partial charge in [-0.25, -0.2) is 4.39 Å². The molecule has 13 heavy (non-hydrogen) atoms. The first-order valence-corrected chi connectivity index (χ1v) is 4.41. The fraction of sp³-hybridized carbons (Fsp3) is 0.200. The van der Waals surface area contributed by atoms with E-state index in [-0.39, 0.29) is 0 Å². The quantitative estimate of drug-likeness (QED) is 0.736. The lowest BCUT2D eigenvalue weighted by Crippen LogP contribution is -2.12. The van der Waals surface area contributed by atoms with E-state index < -0.39 is 0 Å². The molecule has 1 rings (SSSR count). The van der Waals surface area contributed by atoms with Gasteiger partial charge in [-0.15, -0.1) is 0 Å². The van der Waals surface area contributed by atoms with Gasteiger partial charge < -0.3 is 5.32 Å². The molecule has 0 fully saturated rings. The van der Waals surface area contributed by atoms with Crippen molar-refractivity contribution in [2.24, 2.45) is 0 Å². The van der Waals surface area contributed by atoms with E-state index in [1.165, 1.54) is 6.08 Å². The maximum Gasteiger partial charge on any atom is 0.0839 e. The predicted molar refractivity (Wildman–Crippen MR) is 53.4 cm³/mol. The van der Waals surface area contributed by atoms with Crippen LogP contribution in [-0.4, -0.2) is 6.54 Å². The van der Waals surface area contributed by atoms with Gasteiger partial charge >= 0.3 is 0 Å². The third-order valence-electron chi connectivity index (χ3n) is 1.62. The number of benzene rings is 1. The Bertz CT molecular complexity index is 286. The van der Waals surface area contributed by atoms with Crippen LogP contribution in [0.1, 0.15) is 5.56 Å². The molecule has 1 nitrogen and oxygen atoms in total. The number of hydrogen-bond donors (Lipinski definition) is 1. The Morgan fingerprint density at radius 2 is 2.15 bits per heavy atom. The first kappa shape index (κ1) is 10.2. The third kappa shape index (κ3) is 3.57. The van der Waals surface area contributed by atoms with Crippen molar-refractivity contribution in [1.82, 2.24) is 5.32 Å². The van der Waals surface area contributed by atoms with E-state index >= 15 is 0 Å². The van der Waals surface area contributed by atoms with E-state index in [4.69, 9.17) is 11.6 Å². The molecule has 0 aliphatic rings. The second-order valence-corrected chi connectivity index (χ2v) is 2.99. The highest BCUT2D eigenvalue weighted by molar-refractivity contribution is 6.31.